The largest absolute Gasteiger partial charge is 0.393 e. The lowest BCUT2D eigenvalue weighted by Crippen LogP contribution is -2.27. The van der Waals surface area contributed by atoms with E-state index >= 15 is 0 Å². The number of aldehydes is 1. The topological polar surface area (TPSA) is 49.8 Å². The normalized spacial score (nSPS) is 46.4. The molecule has 3 nitrogen and oxygen atoms in total. The number of rotatable bonds is 1. The van der Waals surface area contributed by atoms with Gasteiger partial charge in [0.05, 0.1) is 18.3 Å². The molecule has 0 aromatic carbocycles. The van der Waals surface area contributed by atoms with Crippen molar-refractivity contribution in [2.24, 2.45) is 17.8 Å². The second kappa shape index (κ2) is 6.16. The van der Waals surface area contributed by atoms with Gasteiger partial charge in [-0.1, -0.05) is 13.8 Å². The Bertz CT molecular complexity index is 279. The molecule has 3 rings (SSSR count). The Balaban J connectivity index is 0.000000136. The van der Waals surface area contributed by atoms with Crippen molar-refractivity contribution in [1.82, 2.24) is 0 Å². The van der Waals surface area contributed by atoms with Crippen LogP contribution in [-0.2, 0) is 9.53 Å². The fourth-order valence-electron chi connectivity index (χ4n) is 3.15. The maximum atomic E-state index is 10.3. The number of epoxide rings is 1. The highest BCUT2D eigenvalue weighted by Crippen LogP contribution is 2.38. The lowest BCUT2D eigenvalue weighted by molar-refractivity contribution is -0.113. The summed E-state index contributed by atoms with van der Waals surface area (Å²) in [5.41, 5.74) is 0. The van der Waals surface area contributed by atoms with Crippen LogP contribution in [0.5, 0.6) is 0 Å². The summed E-state index contributed by atoms with van der Waals surface area (Å²) < 4.78 is 5.35. The molecule has 1 heterocycles. The van der Waals surface area contributed by atoms with E-state index in [0.717, 1.165) is 31.5 Å². The van der Waals surface area contributed by atoms with Gasteiger partial charge in [0.15, 0.2) is 0 Å². The standard InChI is InChI=1S/C8H14O2.C7H12O/c1-6-4-7(5-9)2-3-8(6)10;1-5-2-3-6-7(4-5)8-6/h5-8,10H,2-4H2,1H3;5-7H,2-4H2,1H3. The summed E-state index contributed by atoms with van der Waals surface area (Å²) in [6, 6.07) is 0. The van der Waals surface area contributed by atoms with Gasteiger partial charge in [0.1, 0.15) is 6.29 Å². The van der Waals surface area contributed by atoms with E-state index in [1.165, 1.54) is 19.3 Å². The monoisotopic (exact) mass is 254 g/mol. The van der Waals surface area contributed by atoms with E-state index in [1.807, 2.05) is 6.92 Å². The molecule has 18 heavy (non-hydrogen) atoms. The van der Waals surface area contributed by atoms with Crippen molar-refractivity contribution in [3.05, 3.63) is 0 Å². The Morgan fingerprint density at radius 1 is 1.06 bits per heavy atom. The third kappa shape index (κ3) is 3.79. The Kier molecular flexibility index (Phi) is 4.79. The molecule has 1 saturated heterocycles. The van der Waals surface area contributed by atoms with Crippen LogP contribution in [0, 0.1) is 17.8 Å². The number of carbonyl (C=O) groups is 1. The van der Waals surface area contributed by atoms with Gasteiger partial charge in [0.25, 0.3) is 0 Å². The molecular formula is C15H26O3. The minimum absolute atomic E-state index is 0.170. The quantitative estimate of drug-likeness (QED) is 0.578. The Morgan fingerprint density at radius 2 is 1.83 bits per heavy atom. The van der Waals surface area contributed by atoms with Crippen molar-refractivity contribution in [1.29, 1.82) is 0 Å². The molecule has 1 N–H and O–H groups in total. The number of carbonyl (C=O) groups excluding carboxylic acids is 1. The molecule has 6 atom stereocenters. The van der Waals surface area contributed by atoms with E-state index in [-0.39, 0.29) is 12.0 Å². The van der Waals surface area contributed by atoms with Crippen LogP contribution >= 0.6 is 0 Å². The number of aliphatic hydroxyl groups excluding tert-OH is 1. The maximum Gasteiger partial charge on any atom is 0.123 e. The molecule has 3 fully saturated rings. The molecule has 0 aromatic heterocycles. The van der Waals surface area contributed by atoms with Gasteiger partial charge in [-0.15, -0.1) is 0 Å². The maximum absolute atomic E-state index is 10.3. The predicted molar refractivity (Wildman–Crippen MR) is 70.3 cm³/mol. The Hall–Kier alpha value is -0.410. The zero-order valence-corrected chi connectivity index (χ0v) is 11.5. The SMILES string of the molecule is CC1CC(C=O)CCC1O.CC1CCC2OC2C1. The van der Waals surface area contributed by atoms with Crippen LogP contribution in [0.2, 0.25) is 0 Å². The number of hydrogen-bond donors (Lipinski definition) is 1. The van der Waals surface area contributed by atoms with Crippen LogP contribution in [-0.4, -0.2) is 29.7 Å². The lowest BCUT2D eigenvalue weighted by atomic mass is 9.81. The van der Waals surface area contributed by atoms with Gasteiger partial charge in [-0.2, -0.15) is 0 Å². The van der Waals surface area contributed by atoms with E-state index in [2.05, 4.69) is 6.92 Å². The second-order valence-electron chi connectivity index (χ2n) is 6.39. The minimum Gasteiger partial charge on any atom is -0.393 e. The molecule has 2 saturated carbocycles. The van der Waals surface area contributed by atoms with Crippen LogP contribution < -0.4 is 0 Å². The highest BCUT2D eigenvalue weighted by atomic mass is 16.6. The summed E-state index contributed by atoms with van der Waals surface area (Å²) >= 11 is 0. The summed E-state index contributed by atoms with van der Waals surface area (Å²) in [6.07, 6.45) is 8.78. The molecule has 0 radical (unpaired) electrons. The molecule has 1 aliphatic heterocycles. The Labute approximate surface area is 110 Å². The summed E-state index contributed by atoms with van der Waals surface area (Å²) in [5.74, 6) is 1.45. The molecule has 104 valence electrons. The van der Waals surface area contributed by atoms with Gasteiger partial charge in [-0.05, 0) is 50.4 Å². The second-order valence-corrected chi connectivity index (χ2v) is 6.39. The van der Waals surface area contributed by atoms with Crippen LogP contribution in [0.25, 0.3) is 0 Å². The van der Waals surface area contributed by atoms with Crippen LogP contribution in [0.1, 0.15) is 52.4 Å². The van der Waals surface area contributed by atoms with Gasteiger partial charge in [0.2, 0.25) is 0 Å². The van der Waals surface area contributed by atoms with Crippen LogP contribution in [0.4, 0.5) is 0 Å². The molecule has 3 aliphatic rings. The predicted octanol–water partition coefficient (Wildman–Crippen LogP) is 2.56. The zero-order chi connectivity index (χ0) is 13.1. The summed E-state index contributed by atoms with van der Waals surface area (Å²) in [4.78, 5) is 10.3. The van der Waals surface area contributed by atoms with E-state index in [1.54, 1.807) is 0 Å². The molecule has 2 aliphatic carbocycles. The molecule has 6 unspecified atom stereocenters. The van der Waals surface area contributed by atoms with Gasteiger partial charge >= 0.3 is 0 Å². The number of aliphatic hydroxyl groups is 1. The van der Waals surface area contributed by atoms with Crippen LogP contribution in [0.3, 0.4) is 0 Å². The summed E-state index contributed by atoms with van der Waals surface area (Å²) in [5, 5.41) is 9.28. The minimum atomic E-state index is -0.170. The average Bonchev–Trinajstić information content (AvgIpc) is 3.11. The van der Waals surface area contributed by atoms with E-state index in [4.69, 9.17) is 4.74 Å². The van der Waals surface area contributed by atoms with Gasteiger partial charge in [-0.25, -0.2) is 0 Å². The highest BCUT2D eigenvalue weighted by Gasteiger charge is 2.42. The highest BCUT2D eigenvalue weighted by molar-refractivity contribution is 5.53. The molecular weight excluding hydrogens is 228 g/mol. The summed E-state index contributed by atoms with van der Waals surface area (Å²) in [6.45, 7) is 4.32. The molecule has 0 aromatic rings. The molecule has 0 bridgehead atoms. The number of hydrogen-bond acceptors (Lipinski definition) is 3. The van der Waals surface area contributed by atoms with Crippen molar-refractivity contribution in [3.8, 4) is 0 Å². The van der Waals surface area contributed by atoms with Crippen molar-refractivity contribution in [2.45, 2.75) is 70.7 Å². The molecule has 0 amide bonds. The Morgan fingerprint density at radius 3 is 2.39 bits per heavy atom. The van der Waals surface area contributed by atoms with E-state index < -0.39 is 0 Å². The first kappa shape index (κ1) is 14.0. The lowest BCUT2D eigenvalue weighted by Gasteiger charge is -2.27. The fourth-order valence-corrected chi connectivity index (χ4v) is 3.15. The van der Waals surface area contributed by atoms with E-state index in [9.17, 15) is 9.90 Å². The van der Waals surface area contributed by atoms with Crippen molar-refractivity contribution in [3.63, 3.8) is 0 Å². The molecule has 0 spiro atoms. The average molecular weight is 254 g/mol. The number of ether oxygens (including phenoxy) is 1. The van der Waals surface area contributed by atoms with Crippen molar-refractivity contribution >= 4 is 6.29 Å². The van der Waals surface area contributed by atoms with E-state index in [0.29, 0.717) is 18.1 Å². The molecule has 3 heteroatoms. The van der Waals surface area contributed by atoms with Gasteiger partial charge < -0.3 is 14.6 Å². The summed E-state index contributed by atoms with van der Waals surface area (Å²) in [7, 11) is 0. The third-order valence-corrected chi connectivity index (χ3v) is 4.62. The smallest absolute Gasteiger partial charge is 0.123 e. The zero-order valence-electron chi connectivity index (χ0n) is 11.5. The first-order valence-corrected chi connectivity index (χ1v) is 7.39. The first-order chi connectivity index (χ1) is 8.60. The van der Waals surface area contributed by atoms with Gasteiger partial charge in [0, 0.05) is 5.92 Å². The first-order valence-electron chi connectivity index (χ1n) is 7.39. The fraction of sp³-hybridized carbons (Fsp3) is 0.933. The third-order valence-electron chi connectivity index (χ3n) is 4.62. The van der Waals surface area contributed by atoms with Gasteiger partial charge in [-0.3, -0.25) is 0 Å². The van der Waals surface area contributed by atoms with Crippen molar-refractivity contribution < 1.29 is 14.6 Å². The van der Waals surface area contributed by atoms with Crippen molar-refractivity contribution in [2.75, 3.05) is 0 Å². The van der Waals surface area contributed by atoms with Crippen LogP contribution in [0.15, 0.2) is 0 Å². The number of fused-ring (bicyclic) bond motifs is 1.